The predicted molar refractivity (Wildman–Crippen MR) is 78.1 cm³/mol. The third-order valence-electron chi connectivity index (χ3n) is 4.31. The van der Waals surface area contributed by atoms with Gasteiger partial charge in [0.05, 0.1) is 6.61 Å². The monoisotopic (exact) mass is 304 g/mol. The number of ether oxygens (including phenoxy) is 2. The zero-order valence-corrected chi connectivity index (χ0v) is 12.1. The van der Waals surface area contributed by atoms with E-state index in [1.54, 1.807) is 12.1 Å². The van der Waals surface area contributed by atoms with Gasteiger partial charge in [0.15, 0.2) is 5.60 Å². The van der Waals surface area contributed by atoms with Crippen LogP contribution in [0.2, 0.25) is 5.02 Å². The fourth-order valence-corrected chi connectivity index (χ4v) is 3.04. The summed E-state index contributed by atoms with van der Waals surface area (Å²) >= 11 is 5.95. The molecule has 1 atom stereocenters. The van der Waals surface area contributed by atoms with Crippen molar-refractivity contribution in [2.24, 2.45) is 0 Å². The van der Waals surface area contributed by atoms with Crippen LogP contribution in [0.15, 0.2) is 48.5 Å². The maximum absolute atomic E-state index is 13.0. The molecule has 2 aromatic rings. The summed E-state index contributed by atoms with van der Waals surface area (Å²) < 4.78 is 24.9. The van der Waals surface area contributed by atoms with E-state index in [1.807, 2.05) is 24.3 Å². The highest BCUT2D eigenvalue weighted by Crippen LogP contribution is 2.61. The van der Waals surface area contributed by atoms with Crippen molar-refractivity contribution in [1.82, 2.24) is 0 Å². The van der Waals surface area contributed by atoms with Crippen molar-refractivity contribution < 1.29 is 13.9 Å². The molecule has 21 heavy (non-hydrogen) atoms. The third kappa shape index (κ3) is 2.12. The van der Waals surface area contributed by atoms with Crippen LogP contribution in [-0.2, 0) is 10.3 Å². The topological polar surface area (TPSA) is 21.8 Å². The van der Waals surface area contributed by atoms with E-state index in [0.717, 1.165) is 18.4 Å². The Bertz CT molecular complexity index is 658. The number of rotatable bonds is 4. The smallest absolute Gasteiger partial charge is 0.156 e. The van der Waals surface area contributed by atoms with Gasteiger partial charge < -0.3 is 9.47 Å². The van der Waals surface area contributed by atoms with Gasteiger partial charge in [-0.15, -0.1) is 0 Å². The van der Waals surface area contributed by atoms with E-state index in [-0.39, 0.29) is 17.0 Å². The number of benzene rings is 2. The normalized spacial score (nSPS) is 25.4. The highest BCUT2D eigenvalue weighted by molar-refractivity contribution is 6.30. The van der Waals surface area contributed by atoms with Crippen molar-refractivity contribution in [3.8, 4) is 5.75 Å². The van der Waals surface area contributed by atoms with Crippen molar-refractivity contribution in [3.63, 3.8) is 0 Å². The molecule has 0 aromatic heterocycles. The van der Waals surface area contributed by atoms with E-state index in [2.05, 4.69) is 0 Å². The van der Waals surface area contributed by atoms with Crippen LogP contribution in [0.1, 0.15) is 18.4 Å². The van der Waals surface area contributed by atoms with Crippen LogP contribution in [0.25, 0.3) is 0 Å². The molecule has 1 aliphatic carbocycles. The van der Waals surface area contributed by atoms with E-state index in [9.17, 15) is 4.39 Å². The van der Waals surface area contributed by atoms with Crippen molar-refractivity contribution in [1.29, 1.82) is 0 Å². The minimum atomic E-state index is -0.383. The maximum atomic E-state index is 13.0. The maximum Gasteiger partial charge on any atom is 0.156 e. The summed E-state index contributed by atoms with van der Waals surface area (Å²) in [6.07, 6.45) is 1.88. The first-order valence-electron chi connectivity index (χ1n) is 6.98. The molecule has 1 saturated carbocycles. The Balaban J connectivity index is 1.62. The first-order valence-corrected chi connectivity index (χ1v) is 7.36. The van der Waals surface area contributed by atoms with Gasteiger partial charge in [0.1, 0.15) is 17.2 Å². The van der Waals surface area contributed by atoms with Gasteiger partial charge >= 0.3 is 0 Å². The van der Waals surface area contributed by atoms with E-state index < -0.39 is 0 Å². The zero-order chi connectivity index (χ0) is 14.5. The van der Waals surface area contributed by atoms with Gasteiger partial charge in [0.25, 0.3) is 0 Å². The summed E-state index contributed by atoms with van der Waals surface area (Å²) in [6, 6.07) is 13.9. The lowest BCUT2D eigenvalue weighted by Gasteiger charge is -2.25. The fraction of sp³-hybridized carbons (Fsp3) is 0.294. The van der Waals surface area contributed by atoms with Crippen molar-refractivity contribution in [2.45, 2.75) is 24.0 Å². The standard InChI is InChI=1S/C17H14ClFO2/c18-13-3-1-12(2-4-13)17(11-20-17)16(9-10-16)21-15-7-5-14(19)6-8-15/h1-8H,9-11H2. The van der Waals surface area contributed by atoms with Crippen LogP contribution in [0.3, 0.4) is 0 Å². The average molecular weight is 305 g/mol. The molecular weight excluding hydrogens is 291 g/mol. The summed E-state index contributed by atoms with van der Waals surface area (Å²) in [7, 11) is 0. The Kier molecular flexibility index (Phi) is 2.78. The van der Waals surface area contributed by atoms with Crippen LogP contribution in [0.5, 0.6) is 5.75 Å². The zero-order valence-electron chi connectivity index (χ0n) is 11.3. The highest BCUT2D eigenvalue weighted by Gasteiger charge is 2.71. The molecule has 0 N–H and O–H groups in total. The van der Waals surface area contributed by atoms with Gasteiger partial charge in [0, 0.05) is 5.02 Å². The second-order valence-electron chi connectivity index (χ2n) is 5.67. The van der Waals surface area contributed by atoms with Gasteiger partial charge in [-0.2, -0.15) is 0 Å². The molecule has 4 heteroatoms. The van der Waals surface area contributed by atoms with E-state index in [0.29, 0.717) is 17.4 Å². The second kappa shape index (κ2) is 4.46. The molecule has 0 amide bonds. The Morgan fingerprint density at radius 3 is 2.14 bits per heavy atom. The fourth-order valence-electron chi connectivity index (χ4n) is 2.91. The Morgan fingerprint density at radius 1 is 1.00 bits per heavy atom. The molecule has 0 bridgehead atoms. The van der Waals surface area contributed by atoms with Gasteiger partial charge in [-0.25, -0.2) is 4.39 Å². The lowest BCUT2D eigenvalue weighted by molar-refractivity contribution is 0.0723. The van der Waals surface area contributed by atoms with Gasteiger partial charge in [0.2, 0.25) is 0 Å². The second-order valence-corrected chi connectivity index (χ2v) is 6.11. The largest absolute Gasteiger partial charge is 0.484 e. The molecule has 0 radical (unpaired) electrons. The predicted octanol–water partition coefficient (Wildman–Crippen LogP) is 4.32. The average Bonchev–Trinajstić information content (AvgIpc) is 3.36. The highest BCUT2D eigenvalue weighted by atomic mass is 35.5. The minimum Gasteiger partial charge on any atom is -0.484 e. The Labute approximate surface area is 127 Å². The van der Waals surface area contributed by atoms with E-state index in [1.165, 1.54) is 12.1 Å². The molecule has 2 aromatic carbocycles. The van der Waals surface area contributed by atoms with Gasteiger partial charge in [-0.1, -0.05) is 23.7 Å². The van der Waals surface area contributed by atoms with Crippen LogP contribution >= 0.6 is 11.6 Å². The summed E-state index contributed by atoms with van der Waals surface area (Å²) in [6.45, 7) is 0.649. The summed E-state index contributed by atoms with van der Waals surface area (Å²) in [5.41, 5.74) is 0.372. The number of hydrogen-bond donors (Lipinski definition) is 0. The molecule has 1 saturated heterocycles. The Morgan fingerprint density at radius 2 is 1.62 bits per heavy atom. The van der Waals surface area contributed by atoms with Crippen LogP contribution < -0.4 is 4.74 Å². The van der Waals surface area contributed by atoms with E-state index >= 15 is 0 Å². The van der Waals surface area contributed by atoms with Crippen LogP contribution in [0.4, 0.5) is 4.39 Å². The quantitative estimate of drug-likeness (QED) is 0.785. The number of halogens is 2. The van der Waals surface area contributed by atoms with E-state index in [4.69, 9.17) is 21.1 Å². The first-order chi connectivity index (χ1) is 10.1. The minimum absolute atomic E-state index is 0.262. The van der Waals surface area contributed by atoms with Gasteiger partial charge in [-0.3, -0.25) is 0 Å². The molecular formula is C17H14ClFO2. The number of epoxide rings is 1. The Hall–Kier alpha value is -1.58. The molecule has 1 heterocycles. The number of hydrogen-bond acceptors (Lipinski definition) is 2. The van der Waals surface area contributed by atoms with Crippen molar-refractivity contribution >= 4 is 11.6 Å². The lowest BCUT2D eigenvalue weighted by atomic mass is 9.92. The van der Waals surface area contributed by atoms with Crippen LogP contribution in [-0.4, -0.2) is 12.2 Å². The first kappa shape index (κ1) is 13.1. The molecule has 1 unspecified atom stereocenters. The molecule has 1 aliphatic heterocycles. The lowest BCUT2D eigenvalue weighted by Crippen LogP contribution is -2.35. The SMILES string of the molecule is Fc1ccc(OC2(C3(c4ccc(Cl)cc4)CO3)CC2)cc1. The summed E-state index contributed by atoms with van der Waals surface area (Å²) in [5, 5.41) is 0.707. The van der Waals surface area contributed by atoms with Crippen LogP contribution in [0, 0.1) is 5.82 Å². The molecule has 0 spiro atoms. The molecule has 2 fully saturated rings. The molecule has 108 valence electrons. The molecule has 4 rings (SSSR count). The van der Waals surface area contributed by atoms with Crippen molar-refractivity contribution in [2.75, 3.05) is 6.61 Å². The van der Waals surface area contributed by atoms with Crippen molar-refractivity contribution in [3.05, 3.63) is 64.9 Å². The summed E-state index contributed by atoms with van der Waals surface area (Å²) in [5.74, 6) is 0.417. The third-order valence-corrected chi connectivity index (χ3v) is 4.56. The molecule has 2 aliphatic rings. The summed E-state index contributed by atoms with van der Waals surface area (Å²) in [4.78, 5) is 0. The van der Waals surface area contributed by atoms with Gasteiger partial charge in [-0.05, 0) is 54.8 Å². The molecule has 2 nitrogen and oxygen atoms in total.